The summed E-state index contributed by atoms with van der Waals surface area (Å²) in [5.41, 5.74) is 3.48. The van der Waals surface area contributed by atoms with Crippen molar-refractivity contribution in [2.24, 2.45) is 0 Å². The van der Waals surface area contributed by atoms with Crippen molar-refractivity contribution < 1.29 is 9.21 Å². The molecule has 0 spiro atoms. The van der Waals surface area contributed by atoms with Crippen molar-refractivity contribution in [1.29, 1.82) is 0 Å². The van der Waals surface area contributed by atoms with Crippen LogP contribution in [0.15, 0.2) is 82.6 Å². The molecule has 4 aromatic rings. The molecule has 162 valence electrons. The quantitative estimate of drug-likeness (QED) is 0.414. The summed E-state index contributed by atoms with van der Waals surface area (Å²) in [5, 5.41) is 12.3. The molecule has 0 unspecified atom stereocenters. The largest absolute Gasteiger partial charge is 0.461 e. The average Bonchev–Trinajstić information content (AvgIpc) is 3.50. The summed E-state index contributed by atoms with van der Waals surface area (Å²) in [7, 11) is 0. The number of carbonyl (C=O) groups excluding carboxylic acids is 1. The number of benzene rings is 2. The van der Waals surface area contributed by atoms with Crippen LogP contribution in [0.4, 0.5) is 0 Å². The third-order valence-electron chi connectivity index (χ3n) is 5.73. The molecule has 6 nitrogen and oxygen atoms in total. The van der Waals surface area contributed by atoms with Crippen LogP contribution in [-0.2, 0) is 11.2 Å². The summed E-state index contributed by atoms with van der Waals surface area (Å²) in [6, 6.07) is 22.0. The van der Waals surface area contributed by atoms with Gasteiger partial charge < -0.3 is 9.73 Å². The van der Waals surface area contributed by atoms with Crippen molar-refractivity contribution in [3.05, 3.63) is 84.1 Å². The highest BCUT2D eigenvalue weighted by molar-refractivity contribution is 8.00. The molecule has 2 aromatic carbocycles. The smallest absolute Gasteiger partial charge is 0.233 e. The number of thioether (sulfide) groups is 1. The minimum absolute atomic E-state index is 0.00105. The standard InChI is InChI=1S/C25H24N4O2S/c1-17(24(30)26-21-14-7-10-18-9-5-6-13-20(18)21)32-25-28-27-23(22-15-8-16-31-22)29(25)19-11-3-2-4-12-19/h2-6,8-9,11-13,15-17,21H,7,10,14H2,1H3,(H,26,30)/t17-,21-/m1/s1. The van der Waals surface area contributed by atoms with E-state index in [2.05, 4.69) is 33.7 Å². The van der Waals surface area contributed by atoms with E-state index in [1.54, 1.807) is 6.26 Å². The van der Waals surface area contributed by atoms with Gasteiger partial charge in [-0.2, -0.15) is 0 Å². The molecule has 0 fully saturated rings. The van der Waals surface area contributed by atoms with E-state index in [4.69, 9.17) is 4.42 Å². The van der Waals surface area contributed by atoms with Crippen molar-refractivity contribution in [3.8, 4) is 17.3 Å². The molecule has 1 N–H and O–H groups in total. The Morgan fingerprint density at radius 3 is 2.72 bits per heavy atom. The van der Waals surface area contributed by atoms with Crippen molar-refractivity contribution in [1.82, 2.24) is 20.1 Å². The van der Waals surface area contributed by atoms with Crippen molar-refractivity contribution in [2.75, 3.05) is 0 Å². The summed E-state index contributed by atoms with van der Waals surface area (Å²) in [6.07, 6.45) is 4.73. The third-order valence-corrected chi connectivity index (χ3v) is 6.77. The van der Waals surface area contributed by atoms with Crippen LogP contribution >= 0.6 is 11.8 Å². The van der Waals surface area contributed by atoms with E-state index in [0.29, 0.717) is 16.7 Å². The number of carbonyl (C=O) groups is 1. The van der Waals surface area contributed by atoms with E-state index >= 15 is 0 Å². The van der Waals surface area contributed by atoms with Gasteiger partial charge in [-0.15, -0.1) is 10.2 Å². The lowest BCUT2D eigenvalue weighted by Crippen LogP contribution is -2.36. The van der Waals surface area contributed by atoms with Gasteiger partial charge >= 0.3 is 0 Å². The number of furan rings is 1. The highest BCUT2D eigenvalue weighted by Gasteiger charge is 2.26. The van der Waals surface area contributed by atoms with Gasteiger partial charge in [0.2, 0.25) is 11.7 Å². The molecule has 2 aromatic heterocycles. The number of aryl methyl sites for hydroxylation is 1. The fourth-order valence-electron chi connectivity index (χ4n) is 4.13. The SMILES string of the molecule is C[C@@H](Sc1nnc(-c2ccco2)n1-c1ccccc1)C(=O)N[C@@H]1CCCc2ccccc21. The van der Waals surface area contributed by atoms with E-state index in [9.17, 15) is 4.79 Å². The summed E-state index contributed by atoms with van der Waals surface area (Å²) < 4.78 is 7.50. The van der Waals surface area contributed by atoms with Gasteiger partial charge in [-0.3, -0.25) is 9.36 Å². The molecular formula is C25H24N4O2S. The van der Waals surface area contributed by atoms with Crippen LogP contribution in [0.1, 0.15) is 36.9 Å². The number of para-hydroxylation sites is 1. The first kappa shape index (κ1) is 20.6. The van der Waals surface area contributed by atoms with Crippen molar-refractivity contribution in [2.45, 2.75) is 42.6 Å². The Morgan fingerprint density at radius 2 is 1.91 bits per heavy atom. The van der Waals surface area contributed by atoms with E-state index < -0.39 is 0 Å². The Balaban J connectivity index is 1.38. The van der Waals surface area contributed by atoms with E-state index in [-0.39, 0.29) is 17.2 Å². The zero-order chi connectivity index (χ0) is 21.9. The zero-order valence-corrected chi connectivity index (χ0v) is 18.6. The summed E-state index contributed by atoms with van der Waals surface area (Å²) in [4.78, 5) is 13.1. The van der Waals surface area contributed by atoms with Crippen molar-refractivity contribution in [3.63, 3.8) is 0 Å². The minimum Gasteiger partial charge on any atom is -0.461 e. The highest BCUT2D eigenvalue weighted by Crippen LogP contribution is 2.32. The fourth-order valence-corrected chi connectivity index (χ4v) is 5.00. The van der Waals surface area contributed by atoms with Gasteiger partial charge in [0.25, 0.3) is 0 Å². The summed E-state index contributed by atoms with van der Waals surface area (Å²) in [6.45, 7) is 1.91. The van der Waals surface area contributed by atoms with Gasteiger partial charge in [-0.05, 0) is 61.6 Å². The van der Waals surface area contributed by atoms with E-state index in [1.165, 1.54) is 22.9 Å². The maximum absolute atomic E-state index is 13.1. The Morgan fingerprint density at radius 1 is 1.09 bits per heavy atom. The maximum atomic E-state index is 13.1. The van der Waals surface area contributed by atoms with Crippen LogP contribution in [0.3, 0.4) is 0 Å². The summed E-state index contributed by atoms with van der Waals surface area (Å²) in [5.74, 6) is 1.24. The molecular weight excluding hydrogens is 420 g/mol. The Labute approximate surface area is 191 Å². The van der Waals surface area contributed by atoms with Gasteiger partial charge in [-0.25, -0.2) is 0 Å². The Kier molecular flexibility index (Phi) is 5.81. The number of nitrogens with one attached hydrogen (secondary N) is 1. The predicted octanol–water partition coefficient (Wildman–Crippen LogP) is 5.20. The average molecular weight is 445 g/mol. The molecule has 32 heavy (non-hydrogen) atoms. The molecule has 5 rings (SSSR count). The van der Waals surface area contributed by atoms with Crippen LogP contribution in [-0.4, -0.2) is 25.9 Å². The zero-order valence-electron chi connectivity index (χ0n) is 17.8. The number of rotatable bonds is 6. The minimum atomic E-state index is -0.333. The first-order valence-corrected chi connectivity index (χ1v) is 11.7. The molecule has 0 radical (unpaired) electrons. The molecule has 0 saturated carbocycles. The van der Waals surface area contributed by atoms with Crippen LogP contribution in [0.2, 0.25) is 0 Å². The molecule has 7 heteroatoms. The lowest BCUT2D eigenvalue weighted by Gasteiger charge is -2.27. The number of amides is 1. The van der Waals surface area contributed by atoms with Crippen LogP contribution in [0, 0.1) is 0 Å². The fraction of sp³-hybridized carbons (Fsp3) is 0.240. The number of fused-ring (bicyclic) bond motifs is 1. The van der Waals surface area contributed by atoms with Gasteiger partial charge in [0.15, 0.2) is 10.9 Å². The van der Waals surface area contributed by atoms with Gasteiger partial charge in [0, 0.05) is 5.69 Å². The monoisotopic (exact) mass is 444 g/mol. The van der Waals surface area contributed by atoms with E-state index in [0.717, 1.165) is 24.9 Å². The lowest BCUT2D eigenvalue weighted by molar-refractivity contribution is -0.121. The Bertz CT molecular complexity index is 1200. The molecule has 0 saturated heterocycles. The molecule has 0 aliphatic heterocycles. The molecule has 1 amide bonds. The number of hydrogen-bond acceptors (Lipinski definition) is 5. The first-order valence-electron chi connectivity index (χ1n) is 10.8. The van der Waals surface area contributed by atoms with Crippen LogP contribution in [0.5, 0.6) is 0 Å². The predicted molar refractivity (Wildman–Crippen MR) is 125 cm³/mol. The van der Waals surface area contributed by atoms with Crippen molar-refractivity contribution >= 4 is 17.7 Å². The van der Waals surface area contributed by atoms with E-state index in [1.807, 2.05) is 60.0 Å². The Hall–Kier alpha value is -3.32. The van der Waals surface area contributed by atoms with Gasteiger partial charge in [-0.1, -0.05) is 54.2 Å². The number of hydrogen-bond donors (Lipinski definition) is 1. The summed E-state index contributed by atoms with van der Waals surface area (Å²) >= 11 is 1.40. The van der Waals surface area contributed by atoms with Crippen LogP contribution < -0.4 is 5.32 Å². The number of aromatic nitrogens is 3. The second-order valence-corrected chi connectivity index (χ2v) is 9.17. The number of nitrogens with zero attached hydrogens (tertiary/aromatic N) is 3. The lowest BCUT2D eigenvalue weighted by atomic mass is 9.88. The molecule has 0 bridgehead atoms. The third kappa shape index (κ3) is 4.08. The van der Waals surface area contributed by atoms with Gasteiger partial charge in [0.1, 0.15) is 0 Å². The normalized spacial score (nSPS) is 16.3. The maximum Gasteiger partial charge on any atom is 0.233 e. The molecule has 1 aliphatic carbocycles. The highest BCUT2D eigenvalue weighted by atomic mass is 32.2. The second kappa shape index (κ2) is 9.04. The molecule has 1 aliphatic rings. The molecule has 2 atom stereocenters. The second-order valence-electron chi connectivity index (χ2n) is 7.87. The topological polar surface area (TPSA) is 73.0 Å². The van der Waals surface area contributed by atoms with Crippen LogP contribution in [0.25, 0.3) is 17.3 Å². The molecule has 2 heterocycles. The van der Waals surface area contributed by atoms with Gasteiger partial charge in [0.05, 0.1) is 17.6 Å². The first-order chi connectivity index (χ1) is 15.7.